The van der Waals surface area contributed by atoms with Crippen LogP contribution in [0.1, 0.15) is 99.1 Å². The quantitative estimate of drug-likeness (QED) is 0.0937. The molecule has 4 aromatic rings. The summed E-state index contributed by atoms with van der Waals surface area (Å²) in [6.07, 6.45) is 2.51. The minimum absolute atomic E-state index is 0.0362. The molecule has 1 fully saturated rings. The summed E-state index contributed by atoms with van der Waals surface area (Å²) < 4.78 is 61.4. The van der Waals surface area contributed by atoms with Gasteiger partial charge in [-0.1, -0.05) is 67.9 Å². The van der Waals surface area contributed by atoms with E-state index in [0.29, 0.717) is 61.8 Å². The summed E-state index contributed by atoms with van der Waals surface area (Å²) in [7, 11) is 1.13. The molecule has 62 heavy (non-hydrogen) atoms. The summed E-state index contributed by atoms with van der Waals surface area (Å²) in [6, 6.07) is 23.3. The molecule has 0 aliphatic heterocycles. The minimum Gasteiger partial charge on any atom is -0.493 e. The van der Waals surface area contributed by atoms with Gasteiger partial charge in [0.25, 0.3) is 0 Å². The zero-order valence-electron chi connectivity index (χ0n) is 35.6. The van der Waals surface area contributed by atoms with Crippen LogP contribution < -0.4 is 19.7 Å². The largest absolute Gasteiger partial charge is 0.493 e. The first-order chi connectivity index (χ1) is 29.7. The highest BCUT2D eigenvalue weighted by molar-refractivity contribution is 6.31. The lowest BCUT2D eigenvalue weighted by Gasteiger charge is -2.51. The Kier molecular flexibility index (Phi) is 13.9. The predicted octanol–water partition coefficient (Wildman–Crippen LogP) is 9.90. The number of nitrogens with one attached hydrogen (secondary N) is 1. The Labute approximate surface area is 366 Å². The van der Waals surface area contributed by atoms with Crippen LogP contribution in [-0.4, -0.2) is 61.4 Å². The monoisotopic (exact) mass is 873 g/mol. The van der Waals surface area contributed by atoms with Gasteiger partial charge in [0.05, 0.1) is 20.3 Å². The highest BCUT2D eigenvalue weighted by atomic mass is 35.5. The first-order valence-electron chi connectivity index (χ1n) is 21.7. The number of anilines is 1. The zero-order valence-corrected chi connectivity index (χ0v) is 36.3. The van der Waals surface area contributed by atoms with Crippen molar-refractivity contribution in [3.05, 3.63) is 118 Å². The van der Waals surface area contributed by atoms with Gasteiger partial charge in [-0.3, -0.25) is 19.5 Å². The van der Waals surface area contributed by atoms with Crippen LogP contribution in [0, 0.1) is 11.8 Å². The van der Waals surface area contributed by atoms with E-state index in [1.165, 1.54) is 29.8 Å². The van der Waals surface area contributed by atoms with Gasteiger partial charge in [-0.05, 0) is 140 Å². The Morgan fingerprint density at radius 2 is 1.76 bits per heavy atom. The van der Waals surface area contributed by atoms with E-state index in [2.05, 4.69) is 24.1 Å². The molecular formula is C49H55ClF3N3O6. The number of nitrogens with zero attached hydrogens (tertiary/aromatic N) is 2. The van der Waals surface area contributed by atoms with Crippen molar-refractivity contribution < 1.29 is 41.8 Å². The maximum atomic E-state index is 14.5. The zero-order chi connectivity index (χ0) is 44.1. The third kappa shape index (κ3) is 9.60. The molecule has 1 heterocycles. The minimum atomic E-state index is -5.28. The normalized spacial score (nSPS) is 22.2. The molecule has 0 bridgehead atoms. The fourth-order valence-electron chi connectivity index (χ4n) is 10.3. The van der Waals surface area contributed by atoms with Gasteiger partial charge in [0.15, 0.2) is 0 Å². The van der Waals surface area contributed by atoms with E-state index in [0.717, 1.165) is 60.9 Å². The van der Waals surface area contributed by atoms with Crippen LogP contribution in [-0.2, 0) is 43.8 Å². The third-order valence-electron chi connectivity index (χ3n) is 13.3. The molecular weight excluding hydrogens is 819 g/mol. The second-order valence-corrected chi connectivity index (χ2v) is 17.8. The number of aryl methyl sites for hydroxylation is 2. The van der Waals surface area contributed by atoms with Crippen LogP contribution >= 0.6 is 11.6 Å². The summed E-state index contributed by atoms with van der Waals surface area (Å²) in [6.45, 7) is 5.37. The number of methoxy groups -OCH3 is 1. The molecule has 3 aliphatic rings. The van der Waals surface area contributed by atoms with E-state index in [9.17, 15) is 27.6 Å². The number of fused-ring (bicyclic) bond motifs is 3. The lowest BCUT2D eigenvalue weighted by atomic mass is 9.59. The van der Waals surface area contributed by atoms with Crippen LogP contribution in [0.4, 0.5) is 18.9 Å². The Hall–Kier alpha value is -5.10. The lowest BCUT2D eigenvalue weighted by molar-refractivity contribution is -0.174. The molecule has 0 unspecified atom stereocenters. The molecule has 3 atom stereocenters. The van der Waals surface area contributed by atoms with Crippen molar-refractivity contribution in [1.29, 1.82) is 0 Å². The van der Waals surface area contributed by atoms with E-state index in [4.69, 9.17) is 25.8 Å². The van der Waals surface area contributed by atoms with E-state index in [1.807, 2.05) is 60.8 Å². The molecule has 0 radical (unpaired) electrons. The second kappa shape index (κ2) is 19.1. The van der Waals surface area contributed by atoms with Gasteiger partial charge < -0.3 is 19.5 Å². The predicted molar refractivity (Wildman–Crippen MR) is 232 cm³/mol. The number of hydrogen-bond donors (Lipinski definition) is 1. The Bertz CT molecular complexity index is 2230. The maximum absolute atomic E-state index is 14.5. The van der Waals surface area contributed by atoms with E-state index >= 15 is 0 Å². The van der Waals surface area contributed by atoms with Crippen LogP contribution in [0.2, 0.25) is 5.02 Å². The number of carbonyl (C=O) groups excluding carboxylic acids is 3. The van der Waals surface area contributed by atoms with E-state index in [-0.39, 0.29) is 47.9 Å². The van der Waals surface area contributed by atoms with Crippen molar-refractivity contribution in [3.63, 3.8) is 0 Å². The number of halogens is 4. The fourth-order valence-corrected chi connectivity index (χ4v) is 10.5. The first kappa shape index (κ1) is 44.9. The lowest BCUT2D eigenvalue weighted by Crippen LogP contribution is -2.63. The van der Waals surface area contributed by atoms with Gasteiger partial charge in [0.1, 0.15) is 23.6 Å². The summed E-state index contributed by atoms with van der Waals surface area (Å²) in [5, 5.41) is 3.05. The summed E-state index contributed by atoms with van der Waals surface area (Å²) in [5.74, 6) is -1.20. The van der Waals surface area contributed by atoms with Crippen molar-refractivity contribution in [2.45, 2.75) is 108 Å². The number of esters is 1. The number of benzene rings is 3. The molecule has 3 aliphatic carbocycles. The molecule has 1 aromatic heterocycles. The standard InChI is InChI=1S/C49H55ClF3N3O6/c1-32(31-62-42-19-24-54-41-14-7-9-33(2)44(41)42)27-36-28-35-16-17-39(61-26-25-55-43(57)18-15-34-10-5-4-6-11-34)30-40(35)47(36)20-22-48(23-21-47,46(59)60-3)56(45(58)49(51,52)53)38-13-8-12-37(50)29-38/h4-6,8,10-13,16-17,19,24,29-30,32-33,36H,7,9,14-15,18,20-23,25-28,31H2,1-3H3,(H,55,57)/t32-,33-,36+,47?,48?/m1/s1. The molecule has 7 rings (SSSR count). The molecule has 9 nitrogen and oxygen atoms in total. The third-order valence-corrected chi connectivity index (χ3v) is 13.5. The number of rotatable bonds is 15. The fraction of sp³-hybridized carbons (Fsp3) is 0.469. The highest BCUT2D eigenvalue weighted by Crippen LogP contribution is 2.58. The van der Waals surface area contributed by atoms with Gasteiger partial charge in [0.2, 0.25) is 5.91 Å². The van der Waals surface area contributed by atoms with Gasteiger partial charge >= 0.3 is 18.1 Å². The van der Waals surface area contributed by atoms with Crippen LogP contribution in [0.15, 0.2) is 85.1 Å². The molecule has 330 valence electrons. The van der Waals surface area contributed by atoms with Gasteiger partial charge in [-0.25, -0.2) is 4.79 Å². The summed E-state index contributed by atoms with van der Waals surface area (Å²) >= 11 is 6.27. The second-order valence-electron chi connectivity index (χ2n) is 17.3. The molecule has 3 aromatic carbocycles. The maximum Gasteiger partial charge on any atom is 0.471 e. The molecule has 1 saturated carbocycles. The number of alkyl halides is 3. The number of carbonyl (C=O) groups is 3. The highest BCUT2D eigenvalue weighted by Gasteiger charge is 2.60. The number of amides is 2. The number of pyridine rings is 1. The molecule has 13 heteroatoms. The first-order valence-corrected chi connectivity index (χ1v) is 22.0. The van der Waals surface area contributed by atoms with Crippen LogP contribution in [0.3, 0.4) is 0 Å². The molecule has 1 N–H and O–H groups in total. The SMILES string of the molecule is COC(=O)C1(N(C(=O)C(F)(F)F)c2cccc(Cl)c2)CCC2(CC1)c1cc(OCCNC(=O)CCc3ccccc3)ccc1C[C@@H]2C[C@@H](C)COc1ccnc2c1[C@H](C)CCC2. The van der Waals surface area contributed by atoms with Gasteiger partial charge in [-0.2, -0.15) is 13.2 Å². The van der Waals surface area contributed by atoms with E-state index < -0.39 is 29.0 Å². The number of hydrogen-bond acceptors (Lipinski definition) is 7. The summed E-state index contributed by atoms with van der Waals surface area (Å²) in [4.78, 5) is 45.2. The summed E-state index contributed by atoms with van der Waals surface area (Å²) in [5.41, 5.74) is 2.82. The van der Waals surface area contributed by atoms with Crippen molar-refractivity contribution in [1.82, 2.24) is 10.3 Å². The molecule has 1 spiro atoms. The smallest absolute Gasteiger partial charge is 0.471 e. The average molecular weight is 874 g/mol. The average Bonchev–Trinajstić information content (AvgIpc) is 3.55. The van der Waals surface area contributed by atoms with Crippen molar-refractivity contribution in [2.24, 2.45) is 11.8 Å². The molecule has 0 saturated heterocycles. The van der Waals surface area contributed by atoms with Crippen molar-refractivity contribution in [3.8, 4) is 11.5 Å². The van der Waals surface area contributed by atoms with Crippen LogP contribution in [0.25, 0.3) is 0 Å². The van der Waals surface area contributed by atoms with Crippen LogP contribution in [0.5, 0.6) is 11.5 Å². The van der Waals surface area contributed by atoms with Gasteiger partial charge in [0, 0.05) is 34.6 Å². The number of ether oxygens (including phenoxy) is 3. The Morgan fingerprint density at radius 1 is 0.984 bits per heavy atom. The van der Waals surface area contributed by atoms with Crippen molar-refractivity contribution in [2.75, 3.05) is 31.8 Å². The number of aromatic nitrogens is 1. The van der Waals surface area contributed by atoms with E-state index in [1.54, 1.807) is 0 Å². The topological polar surface area (TPSA) is 107 Å². The molecule has 2 amide bonds. The van der Waals surface area contributed by atoms with Gasteiger partial charge in [-0.15, -0.1) is 0 Å². The van der Waals surface area contributed by atoms with Crippen molar-refractivity contribution >= 4 is 35.1 Å². The Morgan fingerprint density at radius 3 is 2.48 bits per heavy atom. The Balaban J connectivity index is 1.14.